The molecule has 0 amide bonds. The van der Waals surface area contributed by atoms with E-state index in [9.17, 15) is 10.0 Å². The molecular formula is C21H24N2O4. The molecule has 5 rings (SSSR count). The second-order valence-corrected chi connectivity index (χ2v) is 8.10. The third-order valence-corrected chi connectivity index (χ3v) is 6.84. The summed E-state index contributed by atoms with van der Waals surface area (Å²) in [6.07, 6.45) is 2.91. The van der Waals surface area contributed by atoms with E-state index in [0.29, 0.717) is 25.1 Å². The van der Waals surface area contributed by atoms with Crippen LogP contribution in [0.4, 0.5) is 0 Å². The number of hydrogen-bond donors (Lipinski definition) is 1. The molecule has 0 spiro atoms. The normalized spacial score (nSPS) is 34.7. The van der Waals surface area contributed by atoms with E-state index in [4.69, 9.17) is 9.47 Å². The van der Waals surface area contributed by atoms with E-state index in [0.717, 1.165) is 17.6 Å². The first-order valence-electron chi connectivity index (χ1n) is 9.63. The Morgan fingerprint density at radius 2 is 2.19 bits per heavy atom. The van der Waals surface area contributed by atoms with Crippen LogP contribution in [-0.2, 0) is 20.7 Å². The number of benzene rings is 1. The second kappa shape index (κ2) is 5.84. The van der Waals surface area contributed by atoms with Gasteiger partial charge in [0.25, 0.3) is 0 Å². The topological polar surface area (TPSA) is 74.4 Å². The number of hydroxylamine groups is 3. The number of esters is 1. The Balaban J connectivity index is 1.59. The maximum atomic E-state index is 13.8. The fourth-order valence-corrected chi connectivity index (χ4v) is 5.41. The SMILES string of the molecule is COC(=O)C1=CO[C@@H](C)[C@H]2C[N@@+]3([O-])CCc4c([nH]c5ccccc45)[C@@H]3C[C@H]12. The van der Waals surface area contributed by atoms with Crippen LogP contribution in [0.15, 0.2) is 36.1 Å². The zero-order valence-electron chi connectivity index (χ0n) is 15.6. The standard InChI is InChI=1S/C21H24N2O4/c1-12-16-10-23(25)8-7-14-13-5-3-4-6-18(13)22-20(14)19(23)9-15(16)17(11-27-12)21(24)26-2/h3-6,11-12,15-16,19,22H,7-10H2,1-2H3/t12-,15-,16+,19-,23-/m0/s1. The van der Waals surface area contributed by atoms with E-state index in [1.54, 1.807) is 6.26 Å². The van der Waals surface area contributed by atoms with Crippen LogP contribution in [0.5, 0.6) is 0 Å². The molecule has 1 aromatic heterocycles. The maximum Gasteiger partial charge on any atom is 0.337 e. The molecule has 1 N–H and O–H groups in total. The molecule has 27 heavy (non-hydrogen) atoms. The summed E-state index contributed by atoms with van der Waals surface area (Å²) in [6.45, 7) is 3.04. The van der Waals surface area contributed by atoms with E-state index >= 15 is 0 Å². The maximum absolute atomic E-state index is 13.8. The number of fused-ring (bicyclic) bond motifs is 6. The molecule has 1 saturated heterocycles. The van der Waals surface area contributed by atoms with E-state index in [2.05, 4.69) is 17.1 Å². The van der Waals surface area contributed by atoms with Gasteiger partial charge in [0.2, 0.25) is 0 Å². The van der Waals surface area contributed by atoms with Crippen molar-refractivity contribution in [2.24, 2.45) is 11.8 Å². The number of rotatable bonds is 1. The molecule has 6 heteroatoms. The highest BCUT2D eigenvalue weighted by atomic mass is 16.6. The minimum atomic E-state index is -0.351. The van der Waals surface area contributed by atoms with Gasteiger partial charge in [-0.05, 0) is 18.6 Å². The average Bonchev–Trinajstić information content (AvgIpc) is 3.05. The summed E-state index contributed by atoms with van der Waals surface area (Å²) >= 11 is 0. The Bertz CT molecular complexity index is 949. The van der Waals surface area contributed by atoms with Crippen LogP contribution in [0.2, 0.25) is 0 Å². The molecule has 3 aliphatic rings. The predicted molar refractivity (Wildman–Crippen MR) is 100 cm³/mol. The van der Waals surface area contributed by atoms with Crippen molar-refractivity contribution in [3.63, 3.8) is 0 Å². The molecule has 5 atom stereocenters. The number of H-pyrrole nitrogens is 1. The number of nitrogens with zero attached hydrogens (tertiary/aromatic N) is 1. The summed E-state index contributed by atoms with van der Waals surface area (Å²) < 4.78 is 10.4. The first kappa shape index (κ1) is 16.8. The lowest BCUT2D eigenvalue weighted by Gasteiger charge is -2.58. The zero-order valence-corrected chi connectivity index (χ0v) is 15.6. The van der Waals surface area contributed by atoms with E-state index < -0.39 is 0 Å². The third kappa shape index (κ3) is 2.36. The van der Waals surface area contributed by atoms with Crippen molar-refractivity contribution in [3.05, 3.63) is 52.6 Å². The summed E-state index contributed by atoms with van der Waals surface area (Å²) in [6, 6.07) is 8.06. The molecule has 3 aliphatic heterocycles. The lowest BCUT2D eigenvalue weighted by atomic mass is 9.72. The molecule has 4 heterocycles. The lowest BCUT2D eigenvalue weighted by molar-refractivity contribution is -0.924. The van der Waals surface area contributed by atoms with Gasteiger partial charge in [0.05, 0.1) is 43.6 Å². The molecule has 0 saturated carbocycles. The van der Waals surface area contributed by atoms with Crippen LogP contribution in [-0.4, -0.2) is 41.9 Å². The first-order valence-corrected chi connectivity index (χ1v) is 9.63. The highest BCUT2D eigenvalue weighted by molar-refractivity contribution is 5.89. The van der Waals surface area contributed by atoms with Gasteiger partial charge in [0.1, 0.15) is 12.1 Å². The van der Waals surface area contributed by atoms with Crippen LogP contribution in [0.3, 0.4) is 0 Å². The number of para-hydroxylation sites is 1. The van der Waals surface area contributed by atoms with Crippen molar-refractivity contribution >= 4 is 16.9 Å². The molecule has 1 fully saturated rings. The van der Waals surface area contributed by atoms with Gasteiger partial charge in [-0.3, -0.25) is 0 Å². The minimum absolute atomic E-state index is 0.0104. The van der Waals surface area contributed by atoms with Crippen LogP contribution in [0.25, 0.3) is 10.9 Å². The molecule has 142 valence electrons. The molecule has 0 aliphatic carbocycles. The Kier molecular flexibility index (Phi) is 3.64. The number of carbonyl (C=O) groups excluding carboxylic acids is 1. The van der Waals surface area contributed by atoms with Crippen molar-refractivity contribution in [2.75, 3.05) is 20.2 Å². The minimum Gasteiger partial charge on any atom is -0.632 e. The van der Waals surface area contributed by atoms with Crippen molar-refractivity contribution in [3.8, 4) is 0 Å². The van der Waals surface area contributed by atoms with Gasteiger partial charge in [0, 0.05) is 29.7 Å². The van der Waals surface area contributed by atoms with Gasteiger partial charge in [-0.1, -0.05) is 18.2 Å². The largest absolute Gasteiger partial charge is 0.632 e. The molecule has 0 unspecified atom stereocenters. The number of piperidine rings is 1. The summed E-state index contributed by atoms with van der Waals surface area (Å²) in [4.78, 5) is 15.8. The molecule has 0 radical (unpaired) electrons. The van der Waals surface area contributed by atoms with Gasteiger partial charge >= 0.3 is 5.97 Å². The Morgan fingerprint density at radius 3 is 3.00 bits per heavy atom. The fraction of sp³-hybridized carbons (Fsp3) is 0.476. The summed E-state index contributed by atoms with van der Waals surface area (Å²) in [5, 5.41) is 15.0. The van der Waals surface area contributed by atoms with Gasteiger partial charge in [0.15, 0.2) is 0 Å². The van der Waals surface area contributed by atoms with Crippen molar-refractivity contribution in [2.45, 2.75) is 31.9 Å². The smallest absolute Gasteiger partial charge is 0.337 e. The lowest BCUT2D eigenvalue weighted by Crippen LogP contribution is -2.60. The number of aromatic nitrogens is 1. The first-order chi connectivity index (χ1) is 13.0. The van der Waals surface area contributed by atoms with E-state index in [1.807, 2.05) is 19.1 Å². The number of methoxy groups -OCH3 is 1. The van der Waals surface area contributed by atoms with Crippen molar-refractivity contribution in [1.82, 2.24) is 4.98 Å². The Hall–Kier alpha value is -2.31. The number of aromatic amines is 1. The van der Waals surface area contributed by atoms with Crippen molar-refractivity contribution in [1.29, 1.82) is 0 Å². The summed E-state index contributed by atoms with van der Waals surface area (Å²) in [7, 11) is 1.39. The number of hydrogen-bond acceptors (Lipinski definition) is 4. The van der Waals surface area contributed by atoms with Gasteiger partial charge in [-0.15, -0.1) is 0 Å². The molecule has 1 aromatic carbocycles. The van der Waals surface area contributed by atoms with Gasteiger partial charge in [-0.25, -0.2) is 4.79 Å². The highest BCUT2D eigenvalue weighted by Gasteiger charge is 2.52. The van der Waals surface area contributed by atoms with Crippen LogP contribution >= 0.6 is 0 Å². The summed E-state index contributed by atoms with van der Waals surface area (Å²) in [5.74, 6) is -0.331. The molecule has 2 aromatic rings. The van der Waals surface area contributed by atoms with Crippen molar-refractivity contribution < 1.29 is 18.9 Å². The average molecular weight is 368 g/mol. The molecular weight excluding hydrogens is 344 g/mol. The Morgan fingerprint density at radius 1 is 1.37 bits per heavy atom. The number of carbonyl (C=O) groups is 1. The number of nitrogens with one attached hydrogen (secondary N) is 1. The number of quaternary nitrogens is 1. The fourth-order valence-electron chi connectivity index (χ4n) is 5.41. The quantitative estimate of drug-likeness (QED) is 0.477. The van der Waals surface area contributed by atoms with Crippen LogP contribution in [0, 0.1) is 17.0 Å². The van der Waals surface area contributed by atoms with Crippen LogP contribution in [0.1, 0.15) is 30.6 Å². The Labute approximate surface area is 157 Å². The molecule has 0 bridgehead atoms. The van der Waals surface area contributed by atoms with Gasteiger partial charge < -0.3 is 24.3 Å². The van der Waals surface area contributed by atoms with Crippen LogP contribution < -0.4 is 0 Å². The summed E-state index contributed by atoms with van der Waals surface area (Å²) in [5.41, 5.74) is 3.97. The van der Waals surface area contributed by atoms with E-state index in [-0.39, 0.29) is 34.6 Å². The third-order valence-electron chi connectivity index (χ3n) is 6.84. The predicted octanol–water partition coefficient (Wildman–Crippen LogP) is 3.19. The zero-order chi connectivity index (χ0) is 18.8. The highest BCUT2D eigenvalue weighted by Crippen LogP contribution is 2.51. The second-order valence-electron chi connectivity index (χ2n) is 8.10. The monoisotopic (exact) mass is 368 g/mol. The van der Waals surface area contributed by atoms with Gasteiger partial charge in [-0.2, -0.15) is 0 Å². The number of ether oxygens (including phenoxy) is 2. The van der Waals surface area contributed by atoms with E-state index in [1.165, 1.54) is 18.1 Å². The molecule has 6 nitrogen and oxygen atoms in total.